The summed E-state index contributed by atoms with van der Waals surface area (Å²) in [5.74, 6) is 0. The second-order valence-electron chi connectivity index (χ2n) is 6.07. The highest BCUT2D eigenvalue weighted by molar-refractivity contribution is 6.61. The van der Waals surface area contributed by atoms with Gasteiger partial charge in [0, 0.05) is 66.3 Å². The smallest absolute Gasteiger partial charge is 0.377 e. The van der Waals surface area contributed by atoms with E-state index in [2.05, 4.69) is 10.6 Å². The molecule has 14 heteroatoms. The van der Waals surface area contributed by atoms with Crippen LogP contribution >= 0.6 is 0 Å². The first-order valence-electron chi connectivity index (χ1n) is 10.3. The molecule has 0 fully saturated rings. The van der Waals surface area contributed by atoms with Gasteiger partial charge in [-0.15, -0.1) is 0 Å². The number of hydrogen-bond donors (Lipinski definition) is 4. The van der Waals surface area contributed by atoms with E-state index in [0.29, 0.717) is 51.4 Å². The number of nitrogens with two attached hydrogens (primary N) is 2. The summed E-state index contributed by atoms with van der Waals surface area (Å²) in [6.45, 7) is 8.46. The number of primary amides is 2. The Hall–Kier alpha value is -1.27. The molecule has 0 unspecified atom stereocenters. The summed E-state index contributed by atoms with van der Waals surface area (Å²) in [4.78, 5) is 20.9. The van der Waals surface area contributed by atoms with Crippen LogP contribution in [0.4, 0.5) is 9.59 Å². The second-order valence-corrected chi connectivity index (χ2v) is 11.9. The zero-order valence-corrected chi connectivity index (χ0v) is 21.8. The van der Waals surface area contributed by atoms with Crippen molar-refractivity contribution in [3.8, 4) is 0 Å². The van der Waals surface area contributed by atoms with Gasteiger partial charge in [-0.1, -0.05) is 0 Å². The van der Waals surface area contributed by atoms with Crippen LogP contribution in [0.3, 0.4) is 0 Å². The van der Waals surface area contributed by atoms with Crippen LogP contribution in [0.5, 0.6) is 0 Å². The van der Waals surface area contributed by atoms with Crippen LogP contribution in [0.1, 0.15) is 33.6 Å². The Morgan fingerprint density at radius 2 is 1.00 bits per heavy atom. The third kappa shape index (κ3) is 16.1. The number of urea groups is 2. The normalized spacial score (nSPS) is 11.4. The van der Waals surface area contributed by atoms with Crippen LogP contribution in [-0.4, -0.2) is 83.9 Å². The van der Waals surface area contributed by atoms with Gasteiger partial charge in [0.05, 0.1) is 0 Å². The first kappa shape index (κ1) is 31.9. The molecule has 0 atom stereocenters. The largest absolute Gasteiger partial charge is 0.500 e. The lowest BCUT2D eigenvalue weighted by atomic mass is 10.5. The Morgan fingerprint density at radius 1 is 0.677 bits per heavy atom. The lowest BCUT2D eigenvalue weighted by Gasteiger charge is -2.28. The Kier molecular flexibility index (Phi) is 20.0. The molecule has 6 N–H and O–H groups in total. The first-order chi connectivity index (χ1) is 14.7. The lowest BCUT2D eigenvalue weighted by molar-refractivity contribution is 0.0708. The van der Waals surface area contributed by atoms with Crippen LogP contribution in [0.25, 0.3) is 0 Å². The fourth-order valence-electron chi connectivity index (χ4n) is 2.59. The Bertz CT molecular complexity index is 448. The van der Waals surface area contributed by atoms with Crippen molar-refractivity contribution in [1.82, 2.24) is 10.6 Å². The summed E-state index contributed by atoms with van der Waals surface area (Å²) in [6.07, 6.45) is 1.44. The maximum absolute atomic E-state index is 10.5. The molecule has 0 aromatic heterocycles. The van der Waals surface area contributed by atoms with Gasteiger partial charge in [-0.05, 0) is 33.6 Å². The molecule has 31 heavy (non-hydrogen) atoms. The summed E-state index contributed by atoms with van der Waals surface area (Å²) in [5, 5.41) is 5.02. The molecule has 0 radical (unpaired) electrons. The zero-order valence-electron chi connectivity index (χ0n) is 19.8. The average molecular weight is 487 g/mol. The standard InChI is InChI=1S/C10H24N2O4Si.C7H18N2O4Si/c1-4-14-17(15-5-2,16-6-3)9-7-8-12-10(11)13;1-11-14(12-2,13-3)6-4-5-9-7(8)10/h4-9H2,1-3H3,(H3,11,12,13);4-6H2,1-3H3,(H3,8,9,10). The maximum atomic E-state index is 10.5. The molecule has 0 bridgehead atoms. The van der Waals surface area contributed by atoms with Crippen molar-refractivity contribution in [3.63, 3.8) is 0 Å². The van der Waals surface area contributed by atoms with Crippen molar-refractivity contribution >= 4 is 29.7 Å². The van der Waals surface area contributed by atoms with Crippen molar-refractivity contribution in [1.29, 1.82) is 0 Å². The minimum atomic E-state index is -2.56. The van der Waals surface area contributed by atoms with Crippen LogP contribution in [0.15, 0.2) is 0 Å². The van der Waals surface area contributed by atoms with Gasteiger partial charge < -0.3 is 48.7 Å². The summed E-state index contributed by atoms with van der Waals surface area (Å²) >= 11 is 0. The molecule has 0 spiro atoms. The van der Waals surface area contributed by atoms with E-state index in [4.69, 9.17) is 38.0 Å². The number of nitrogens with one attached hydrogen (secondary N) is 2. The van der Waals surface area contributed by atoms with Gasteiger partial charge in [0.2, 0.25) is 0 Å². The number of carbonyl (C=O) groups is 2. The molecule has 0 saturated heterocycles. The molecule has 0 saturated carbocycles. The Morgan fingerprint density at radius 3 is 1.26 bits per heavy atom. The summed E-state index contributed by atoms with van der Waals surface area (Å²) in [7, 11) is -0.372. The van der Waals surface area contributed by atoms with Gasteiger partial charge in [-0.2, -0.15) is 0 Å². The first-order valence-corrected chi connectivity index (χ1v) is 14.2. The zero-order chi connectivity index (χ0) is 24.2. The molecule has 0 rings (SSSR count). The van der Waals surface area contributed by atoms with Crippen molar-refractivity contribution < 1.29 is 36.1 Å². The van der Waals surface area contributed by atoms with Gasteiger partial charge in [-0.25, -0.2) is 9.59 Å². The monoisotopic (exact) mass is 486 g/mol. The number of carbonyl (C=O) groups excluding carboxylic acids is 2. The van der Waals surface area contributed by atoms with Crippen LogP contribution in [0, 0.1) is 0 Å². The van der Waals surface area contributed by atoms with Gasteiger partial charge in [0.1, 0.15) is 0 Å². The van der Waals surface area contributed by atoms with Crippen LogP contribution < -0.4 is 22.1 Å². The number of hydrogen-bond acceptors (Lipinski definition) is 8. The van der Waals surface area contributed by atoms with E-state index in [1.54, 1.807) is 21.3 Å². The maximum Gasteiger partial charge on any atom is 0.500 e. The molecule has 12 nitrogen and oxygen atoms in total. The highest BCUT2D eigenvalue weighted by atomic mass is 28.4. The summed E-state index contributed by atoms with van der Waals surface area (Å²) in [6, 6.07) is 0.297. The van der Waals surface area contributed by atoms with E-state index in [1.807, 2.05) is 20.8 Å². The molecule has 0 aliphatic rings. The minimum absolute atomic E-state index is 0.500. The van der Waals surface area contributed by atoms with Crippen molar-refractivity contribution in [2.45, 2.75) is 45.7 Å². The highest BCUT2D eigenvalue weighted by Gasteiger charge is 2.39. The minimum Gasteiger partial charge on any atom is -0.377 e. The van der Waals surface area contributed by atoms with Gasteiger partial charge >= 0.3 is 29.7 Å². The van der Waals surface area contributed by atoms with Gasteiger partial charge in [0.15, 0.2) is 0 Å². The van der Waals surface area contributed by atoms with E-state index in [9.17, 15) is 9.59 Å². The van der Waals surface area contributed by atoms with Crippen molar-refractivity contribution in [2.24, 2.45) is 11.5 Å². The van der Waals surface area contributed by atoms with Crippen LogP contribution in [-0.2, 0) is 26.6 Å². The average Bonchev–Trinajstić information content (AvgIpc) is 2.73. The molecule has 0 aromatic rings. The predicted molar refractivity (Wildman–Crippen MR) is 121 cm³/mol. The number of rotatable bonds is 17. The van der Waals surface area contributed by atoms with E-state index < -0.39 is 29.7 Å². The predicted octanol–water partition coefficient (Wildman–Crippen LogP) is 1.02. The lowest BCUT2D eigenvalue weighted by Crippen LogP contribution is -2.46. The summed E-state index contributed by atoms with van der Waals surface area (Å²) < 4.78 is 32.6. The van der Waals surface area contributed by atoms with E-state index in [0.717, 1.165) is 6.42 Å². The topological polar surface area (TPSA) is 166 Å². The van der Waals surface area contributed by atoms with Crippen molar-refractivity contribution in [2.75, 3.05) is 54.2 Å². The molecular formula is C17H42N4O8Si2. The van der Waals surface area contributed by atoms with Crippen molar-refractivity contribution in [3.05, 3.63) is 0 Å². The third-order valence-corrected chi connectivity index (χ3v) is 9.93. The summed E-state index contributed by atoms with van der Waals surface area (Å²) in [5.41, 5.74) is 9.89. The molecule has 0 aromatic carbocycles. The Balaban J connectivity index is 0. The highest BCUT2D eigenvalue weighted by Crippen LogP contribution is 2.17. The van der Waals surface area contributed by atoms with Crippen LogP contribution in [0.2, 0.25) is 12.1 Å². The second kappa shape index (κ2) is 19.4. The molecule has 0 aliphatic carbocycles. The van der Waals surface area contributed by atoms with Gasteiger partial charge in [0.25, 0.3) is 0 Å². The quantitative estimate of drug-likeness (QED) is 0.175. The van der Waals surface area contributed by atoms with Gasteiger partial charge in [-0.3, -0.25) is 0 Å². The fourth-order valence-corrected chi connectivity index (χ4v) is 6.92. The fraction of sp³-hybridized carbons (Fsp3) is 0.882. The van der Waals surface area contributed by atoms with E-state index >= 15 is 0 Å². The SMILES string of the molecule is CCO[Si](CCCNC(N)=O)(OCC)OCC.CO[Si](CCCNC(N)=O)(OC)OC. The number of amides is 4. The Labute approximate surface area is 188 Å². The van der Waals surface area contributed by atoms with E-state index in [-0.39, 0.29) is 0 Å². The molecule has 4 amide bonds. The molecule has 186 valence electrons. The molecule has 0 heterocycles. The third-order valence-electron chi connectivity index (χ3n) is 3.94. The van der Waals surface area contributed by atoms with E-state index in [1.165, 1.54) is 0 Å². The molecular weight excluding hydrogens is 444 g/mol. The molecule has 0 aliphatic heterocycles.